The fourth-order valence-electron chi connectivity index (χ4n) is 0.961. The number of hydrogen-bond donors (Lipinski definition) is 2. The van der Waals surface area contributed by atoms with E-state index in [-0.39, 0.29) is 5.84 Å². The Hall–Kier alpha value is -1.70. The van der Waals surface area contributed by atoms with Gasteiger partial charge in [-0.15, -0.1) is 0 Å². The van der Waals surface area contributed by atoms with Crippen LogP contribution in [0.3, 0.4) is 0 Å². The van der Waals surface area contributed by atoms with E-state index in [9.17, 15) is 9.59 Å². The van der Waals surface area contributed by atoms with Gasteiger partial charge in [0.2, 0.25) is 6.41 Å². The van der Waals surface area contributed by atoms with Gasteiger partial charge in [0.15, 0.2) is 5.50 Å². The zero-order chi connectivity index (χ0) is 11.3. The minimum absolute atomic E-state index is 0.293. The summed E-state index contributed by atoms with van der Waals surface area (Å²) in [6.45, 7) is 0. The van der Waals surface area contributed by atoms with Crippen molar-refractivity contribution in [3.8, 4) is 0 Å². The van der Waals surface area contributed by atoms with Crippen LogP contribution >= 0.6 is 11.8 Å². The topological polar surface area (TPSA) is 91.2 Å². The second-order valence-corrected chi connectivity index (χ2v) is 3.36. The van der Waals surface area contributed by atoms with Crippen molar-refractivity contribution < 1.29 is 19.5 Å². The Kier molecular flexibility index (Phi) is 3.98. The van der Waals surface area contributed by atoms with Crippen LogP contribution in [0.25, 0.3) is 0 Å². The maximum atomic E-state index is 10.8. The molecule has 0 saturated carbocycles. The van der Waals surface area contributed by atoms with Gasteiger partial charge in [0.25, 0.3) is 5.84 Å². The number of hydrogen-bond acceptors (Lipinski definition) is 5. The van der Waals surface area contributed by atoms with Crippen LogP contribution in [0.5, 0.6) is 0 Å². The molecule has 82 valence electrons. The number of amides is 1. The van der Waals surface area contributed by atoms with Gasteiger partial charge in [-0.2, -0.15) is 0 Å². The van der Waals surface area contributed by atoms with Crippen molar-refractivity contribution in [2.75, 3.05) is 7.11 Å². The molecule has 0 aromatic carbocycles. The van der Waals surface area contributed by atoms with Gasteiger partial charge in [-0.05, 0) is 5.41 Å². The number of aliphatic carboxylic acids is 1. The second-order valence-electron chi connectivity index (χ2n) is 2.37. The molecule has 0 aromatic rings. The van der Waals surface area contributed by atoms with E-state index in [4.69, 9.17) is 5.11 Å². The fourth-order valence-corrected chi connectivity index (χ4v) is 1.75. The van der Waals surface area contributed by atoms with Gasteiger partial charge in [0, 0.05) is 6.20 Å². The molecule has 0 bridgehead atoms. The number of nitrogens with zero attached hydrogens (tertiary/aromatic N) is 2. The number of carboxylic acids is 1. The van der Waals surface area contributed by atoms with Crippen LogP contribution in [0, 0.1) is 0 Å². The van der Waals surface area contributed by atoms with Gasteiger partial charge < -0.3 is 15.3 Å². The lowest BCUT2D eigenvalue weighted by molar-refractivity contribution is -0.130. The predicted molar refractivity (Wildman–Crippen MR) is 53.6 cm³/mol. The number of oxime groups is 1. The van der Waals surface area contributed by atoms with Gasteiger partial charge in [-0.25, -0.2) is 4.79 Å². The molecule has 8 heteroatoms. The largest absolute Gasteiger partial charge is 0.475 e. The van der Waals surface area contributed by atoms with Crippen molar-refractivity contribution in [2.24, 2.45) is 5.16 Å². The Balaban J connectivity index is 2.82. The van der Waals surface area contributed by atoms with Crippen molar-refractivity contribution in [2.45, 2.75) is 5.50 Å². The molecule has 0 fully saturated rings. The monoisotopic (exact) mass is 231 g/mol. The van der Waals surface area contributed by atoms with Crippen LogP contribution in [-0.4, -0.2) is 40.8 Å². The molecule has 1 unspecified atom stereocenters. The van der Waals surface area contributed by atoms with Gasteiger partial charge in [-0.1, -0.05) is 16.9 Å². The summed E-state index contributed by atoms with van der Waals surface area (Å²) >= 11 is 1.25. The molecule has 1 amide bonds. The summed E-state index contributed by atoms with van der Waals surface area (Å²) in [5.74, 6) is -1.53. The molecule has 1 aliphatic heterocycles. The van der Waals surface area contributed by atoms with Crippen LogP contribution in [-0.2, 0) is 14.4 Å². The van der Waals surface area contributed by atoms with Crippen molar-refractivity contribution in [1.82, 2.24) is 10.2 Å². The van der Waals surface area contributed by atoms with Gasteiger partial charge >= 0.3 is 5.97 Å². The number of carboxylic acid groups (broad SMARTS) is 1. The minimum atomic E-state index is -1.23. The smallest absolute Gasteiger partial charge is 0.375 e. The van der Waals surface area contributed by atoms with E-state index >= 15 is 0 Å². The minimum Gasteiger partial charge on any atom is -0.475 e. The zero-order valence-electron chi connectivity index (χ0n) is 7.78. The van der Waals surface area contributed by atoms with E-state index in [1.165, 1.54) is 30.0 Å². The lowest BCUT2D eigenvalue weighted by atomic mass is 10.5. The van der Waals surface area contributed by atoms with E-state index < -0.39 is 11.5 Å². The van der Waals surface area contributed by atoms with E-state index in [0.717, 1.165) is 0 Å². The summed E-state index contributed by atoms with van der Waals surface area (Å²) in [7, 11) is 1.25. The summed E-state index contributed by atoms with van der Waals surface area (Å²) in [5.41, 5.74) is -0.507. The van der Waals surface area contributed by atoms with Crippen molar-refractivity contribution in [3.05, 3.63) is 11.6 Å². The van der Waals surface area contributed by atoms with Crippen LogP contribution in [0.2, 0.25) is 0 Å². The Morgan fingerprint density at radius 2 is 2.53 bits per heavy atom. The molecule has 0 aliphatic carbocycles. The third-order valence-corrected chi connectivity index (χ3v) is 2.41. The van der Waals surface area contributed by atoms with Gasteiger partial charge in [0.05, 0.1) is 0 Å². The van der Waals surface area contributed by atoms with Crippen LogP contribution < -0.4 is 5.32 Å². The molecule has 0 aromatic heterocycles. The predicted octanol–water partition coefficient (Wildman–Crippen LogP) is -0.419. The lowest BCUT2D eigenvalue weighted by Gasteiger charge is -2.22. The third kappa shape index (κ3) is 2.62. The average molecular weight is 231 g/mol. The first-order valence-corrected chi connectivity index (χ1v) is 4.79. The lowest BCUT2D eigenvalue weighted by Crippen LogP contribution is -2.43. The first-order chi connectivity index (χ1) is 7.20. The highest BCUT2D eigenvalue weighted by atomic mass is 32.2. The summed E-state index contributed by atoms with van der Waals surface area (Å²) in [6, 6.07) is 0. The van der Waals surface area contributed by atoms with Gasteiger partial charge in [-0.3, -0.25) is 9.69 Å². The number of rotatable bonds is 3. The Bertz CT molecular complexity index is 317. The van der Waals surface area contributed by atoms with E-state index in [0.29, 0.717) is 6.41 Å². The maximum absolute atomic E-state index is 10.8. The molecule has 0 spiro atoms. The summed E-state index contributed by atoms with van der Waals surface area (Å²) in [4.78, 5) is 26.8. The number of amidine groups is 1. The summed E-state index contributed by atoms with van der Waals surface area (Å²) < 4.78 is 0. The Labute approximate surface area is 89.7 Å². The molecule has 0 radical (unpaired) electrons. The molecule has 0 saturated heterocycles. The van der Waals surface area contributed by atoms with Crippen molar-refractivity contribution in [1.29, 1.82) is 0 Å². The van der Waals surface area contributed by atoms with E-state index in [2.05, 4.69) is 15.3 Å². The highest BCUT2D eigenvalue weighted by Gasteiger charge is 2.28. The van der Waals surface area contributed by atoms with Crippen LogP contribution in [0.15, 0.2) is 16.8 Å². The number of carbonyl (C=O) groups excluding carboxylic acids is 1. The fraction of sp³-hybridized carbons (Fsp3) is 0.286. The molecule has 1 rings (SSSR count). The number of carbonyl (C=O) groups is 2. The average Bonchev–Trinajstić information content (AvgIpc) is 2.62. The summed E-state index contributed by atoms with van der Waals surface area (Å²) in [5, 5.41) is 16.3. The second kappa shape index (κ2) is 5.25. The Morgan fingerprint density at radius 3 is 3.07 bits per heavy atom. The van der Waals surface area contributed by atoms with E-state index in [1.54, 1.807) is 5.41 Å². The highest BCUT2D eigenvalue weighted by Crippen LogP contribution is 2.22. The standard InChI is InChI=1S/C7H9N3O4S/c1-14-9-5(6(12)13)10-2-3-15-7(10)8-4-11/h2-4,7H,1H3,(H,8,11)(H,12,13). The molecule has 15 heavy (non-hydrogen) atoms. The SMILES string of the molecule is CON=C(C(=O)O)N1C=CSC1NC=O. The molecule has 2 N–H and O–H groups in total. The molecule has 1 aliphatic rings. The number of thioether (sulfide) groups is 1. The first kappa shape index (κ1) is 11.4. The van der Waals surface area contributed by atoms with Gasteiger partial charge in [0.1, 0.15) is 7.11 Å². The Morgan fingerprint density at radius 1 is 1.80 bits per heavy atom. The van der Waals surface area contributed by atoms with Crippen LogP contribution in [0.4, 0.5) is 0 Å². The molecule has 1 heterocycles. The van der Waals surface area contributed by atoms with Crippen LogP contribution in [0.1, 0.15) is 0 Å². The maximum Gasteiger partial charge on any atom is 0.375 e. The van der Waals surface area contributed by atoms with E-state index in [1.807, 2.05) is 0 Å². The molecular formula is C7H9N3O4S. The normalized spacial score (nSPS) is 20.2. The highest BCUT2D eigenvalue weighted by molar-refractivity contribution is 8.02. The van der Waals surface area contributed by atoms with Crippen molar-refractivity contribution >= 4 is 30.0 Å². The molecule has 1 atom stereocenters. The third-order valence-electron chi connectivity index (χ3n) is 1.51. The molecular weight excluding hydrogens is 222 g/mol. The first-order valence-electron chi connectivity index (χ1n) is 3.85. The quantitative estimate of drug-likeness (QED) is 0.297. The summed E-state index contributed by atoms with van der Waals surface area (Å²) in [6.07, 6.45) is 1.99. The van der Waals surface area contributed by atoms with Crippen molar-refractivity contribution in [3.63, 3.8) is 0 Å². The molecule has 7 nitrogen and oxygen atoms in total. The number of nitrogens with one attached hydrogen (secondary N) is 1. The zero-order valence-corrected chi connectivity index (χ0v) is 8.60.